The van der Waals surface area contributed by atoms with E-state index in [2.05, 4.69) is 15.5 Å². The second kappa shape index (κ2) is 12.8. The van der Waals surface area contributed by atoms with Crippen LogP contribution in [0.5, 0.6) is 11.5 Å². The Morgan fingerprint density at radius 2 is 1.56 bits per heavy atom. The molecule has 204 valence electrons. The minimum atomic E-state index is -0.364. The van der Waals surface area contributed by atoms with E-state index >= 15 is 0 Å². The average molecular weight is 529 g/mol. The number of non-ortho nitro benzene ring substituents is 1. The first-order valence-electron chi connectivity index (χ1n) is 13.9. The van der Waals surface area contributed by atoms with Crippen molar-refractivity contribution >= 4 is 17.3 Å². The van der Waals surface area contributed by atoms with Crippen molar-refractivity contribution in [1.82, 2.24) is 10.6 Å². The summed E-state index contributed by atoms with van der Waals surface area (Å²) < 4.78 is 5.86. The smallest absolute Gasteiger partial charge is 0.269 e. The summed E-state index contributed by atoms with van der Waals surface area (Å²) in [6.07, 6.45) is 6.78. The van der Waals surface area contributed by atoms with Gasteiger partial charge in [-0.1, -0.05) is 43.2 Å². The molecule has 3 atom stereocenters. The van der Waals surface area contributed by atoms with Gasteiger partial charge in [-0.05, 0) is 67.6 Å². The zero-order valence-electron chi connectivity index (χ0n) is 22.1. The lowest BCUT2D eigenvalue weighted by molar-refractivity contribution is -0.384. The SMILES string of the molecule is O=C(Cc1ccc(Oc2ccccc2)cc1)N[C@@H]1CCCC[C@H]1NC1CCCN(c2ccc([N+](=O)[O-])cc2)C1. The van der Waals surface area contributed by atoms with Crippen molar-refractivity contribution in [3.8, 4) is 11.5 Å². The highest BCUT2D eigenvalue weighted by atomic mass is 16.6. The number of amides is 1. The Morgan fingerprint density at radius 3 is 2.28 bits per heavy atom. The van der Waals surface area contributed by atoms with Crippen LogP contribution in [0.15, 0.2) is 78.9 Å². The lowest BCUT2D eigenvalue weighted by atomic mass is 9.88. The molecule has 1 aliphatic carbocycles. The van der Waals surface area contributed by atoms with E-state index in [1.54, 1.807) is 12.1 Å². The van der Waals surface area contributed by atoms with Gasteiger partial charge in [0.1, 0.15) is 11.5 Å². The van der Waals surface area contributed by atoms with Crippen LogP contribution in [0.25, 0.3) is 0 Å². The van der Waals surface area contributed by atoms with Gasteiger partial charge in [0.15, 0.2) is 0 Å². The number of anilines is 1. The van der Waals surface area contributed by atoms with Crippen molar-refractivity contribution in [1.29, 1.82) is 0 Å². The summed E-state index contributed by atoms with van der Waals surface area (Å²) in [5.41, 5.74) is 2.09. The maximum Gasteiger partial charge on any atom is 0.269 e. The molecule has 2 N–H and O–H groups in total. The van der Waals surface area contributed by atoms with Gasteiger partial charge in [0.05, 0.1) is 11.3 Å². The highest BCUT2D eigenvalue weighted by Crippen LogP contribution is 2.26. The Hall–Kier alpha value is -3.91. The number of piperidine rings is 1. The van der Waals surface area contributed by atoms with E-state index in [-0.39, 0.29) is 28.6 Å². The number of hydrogen-bond donors (Lipinski definition) is 2. The number of rotatable bonds is 9. The standard InChI is InChI=1S/C31H36N4O4/c36-31(21-23-12-18-28(19-13-23)39-27-8-2-1-3-9-27)33-30-11-5-4-10-29(30)32-24-7-6-20-34(22-24)25-14-16-26(17-15-25)35(37)38/h1-3,8-9,12-19,24,29-30,32H,4-7,10-11,20-22H2,(H,33,36)/t24?,29-,30-/m1/s1. The van der Waals surface area contributed by atoms with Crippen LogP contribution in [0.1, 0.15) is 44.1 Å². The molecule has 0 bridgehead atoms. The average Bonchev–Trinajstić information content (AvgIpc) is 2.96. The third-order valence-electron chi connectivity index (χ3n) is 7.68. The second-order valence-electron chi connectivity index (χ2n) is 10.5. The minimum absolute atomic E-state index is 0.0431. The lowest BCUT2D eigenvalue weighted by Crippen LogP contribution is -2.57. The van der Waals surface area contributed by atoms with Gasteiger partial charge < -0.3 is 20.3 Å². The molecule has 0 spiro atoms. The monoisotopic (exact) mass is 528 g/mol. The second-order valence-corrected chi connectivity index (χ2v) is 10.5. The number of nitrogens with zero attached hydrogens (tertiary/aromatic N) is 2. The number of benzene rings is 3. The van der Waals surface area contributed by atoms with Crippen LogP contribution in [0, 0.1) is 10.1 Å². The molecule has 5 rings (SSSR count). The highest BCUT2D eigenvalue weighted by molar-refractivity contribution is 5.79. The molecule has 1 unspecified atom stereocenters. The van der Waals surface area contributed by atoms with E-state index in [4.69, 9.17) is 4.74 Å². The first-order chi connectivity index (χ1) is 19.0. The van der Waals surface area contributed by atoms with E-state index in [1.807, 2.05) is 66.7 Å². The molecule has 8 heteroatoms. The molecule has 39 heavy (non-hydrogen) atoms. The fourth-order valence-corrected chi connectivity index (χ4v) is 5.68. The largest absolute Gasteiger partial charge is 0.457 e. The number of para-hydroxylation sites is 1. The summed E-state index contributed by atoms with van der Waals surface area (Å²) in [5.74, 6) is 1.58. The van der Waals surface area contributed by atoms with E-state index in [0.29, 0.717) is 12.5 Å². The van der Waals surface area contributed by atoms with Gasteiger partial charge in [-0.2, -0.15) is 0 Å². The molecule has 0 aromatic heterocycles. The molecule has 1 saturated heterocycles. The first-order valence-corrected chi connectivity index (χ1v) is 13.9. The Labute approximate surface area is 229 Å². The molecular formula is C31H36N4O4. The van der Waals surface area contributed by atoms with Gasteiger partial charge in [0.2, 0.25) is 5.91 Å². The molecular weight excluding hydrogens is 492 g/mol. The van der Waals surface area contributed by atoms with Crippen LogP contribution in [0.4, 0.5) is 11.4 Å². The Kier molecular flexibility index (Phi) is 8.73. The zero-order valence-corrected chi connectivity index (χ0v) is 22.1. The summed E-state index contributed by atoms with van der Waals surface area (Å²) in [7, 11) is 0. The van der Waals surface area contributed by atoms with E-state index in [0.717, 1.165) is 74.4 Å². The van der Waals surface area contributed by atoms with Gasteiger partial charge in [-0.3, -0.25) is 14.9 Å². The van der Waals surface area contributed by atoms with Crippen molar-refractivity contribution in [2.24, 2.45) is 0 Å². The molecule has 3 aromatic carbocycles. The maximum absolute atomic E-state index is 13.0. The van der Waals surface area contributed by atoms with E-state index in [9.17, 15) is 14.9 Å². The number of carbonyl (C=O) groups is 1. The van der Waals surface area contributed by atoms with E-state index in [1.165, 1.54) is 0 Å². The summed E-state index contributed by atoms with van der Waals surface area (Å²) in [6.45, 7) is 1.79. The molecule has 2 aliphatic rings. The van der Waals surface area contributed by atoms with Crippen molar-refractivity contribution in [3.63, 3.8) is 0 Å². The first kappa shape index (κ1) is 26.7. The van der Waals surface area contributed by atoms with Crippen LogP contribution >= 0.6 is 0 Å². The normalized spacial score (nSPS) is 21.2. The fourth-order valence-electron chi connectivity index (χ4n) is 5.68. The van der Waals surface area contributed by atoms with Crippen LogP contribution in [0.2, 0.25) is 0 Å². The van der Waals surface area contributed by atoms with Crippen molar-refractivity contribution in [2.45, 2.75) is 63.1 Å². The number of nitrogens with one attached hydrogen (secondary N) is 2. The molecule has 1 aliphatic heterocycles. The molecule has 1 saturated carbocycles. The maximum atomic E-state index is 13.0. The molecule has 8 nitrogen and oxygen atoms in total. The molecule has 1 amide bonds. The van der Waals surface area contributed by atoms with Gasteiger partial charge in [0, 0.05) is 49.0 Å². The highest BCUT2D eigenvalue weighted by Gasteiger charge is 2.30. The van der Waals surface area contributed by atoms with E-state index < -0.39 is 0 Å². The molecule has 0 radical (unpaired) electrons. The van der Waals surface area contributed by atoms with Gasteiger partial charge in [-0.15, -0.1) is 0 Å². The zero-order chi connectivity index (χ0) is 27.0. The molecule has 3 aromatic rings. The summed E-state index contributed by atoms with van der Waals surface area (Å²) in [5, 5.41) is 18.2. The summed E-state index contributed by atoms with van der Waals surface area (Å²) in [4.78, 5) is 25.9. The minimum Gasteiger partial charge on any atom is -0.457 e. The Balaban J connectivity index is 1.13. The molecule has 2 fully saturated rings. The summed E-state index contributed by atoms with van der Waals surface area (Å²) >= 11 is 0. The number of carbonyl (C=O) groups excluding carboxylic acids is 1. The lowest BCUT2D eigenvalue weighted by Gasteiger charge is -2.40. The fraction of sp³-hybridized carbons (Fsp3) is 0.387. The van der Waals surface area contributed by atoms with Crippen LogP contribution in [-0.2, 0) is 11.2 Å². The van der Waals surface area contributed by atoms with Gasteiger partial charge in [-0.25, -0.2) is 0 Å². The Morgan fingerprint density at radius 1 is 0.872 bits per heavy atom. The summed E-state index contributed by atoms with van der Waals surface area (Å²) in [6, 6.07) is 24.8. The van der Waals surface area contributed by atoms with Crippen LogP contribution in [0.3, 0.4) is 0 Å². The third-order valence-corrected chi connectivity index (χ3v) is 7.68. The van der Waals surface area contributed by atoms with Gasteiger partial charge in [0.25, 0.3) is 5.69 Å². The van der Waals surface area contributed by atoms with Crippen LogP contribution in [-0.4, -0.2) is 42.0 Å². The third kappa shape index (κ3) is 7.35. The number of nitro benzene ring substituents is 1. The topological polar surface area (TPSA) is 96.7 Å². The van der Waals surface area contributed by atoms with Crippen molar-refractivity contribution < 1.29 is 14.5 Å². The predicted octanol–water partition coefficient (Wildman–Crippen LogP) is 5.62. The van der Waals surface area contributed by atoms with Crippen molar-refractivity contribution in [2.75, 3.05) is 18.0 Å². The molecule has 1 heterocycles. The van der Waals surface area contributed by atoms with Crippen molar-refractivity contribution in [3.05, 3.63) is 94.5 Å². The van der Waals surface area contributed by atoms with Gasteiger partial charge >= 0.3 is 0 Å². The van der Waals surface area contributed by atoms with Crippen LogP contribution < -0.4 is 20.3 Å². The number of ether oxygens (including phenoxy) is 1. The number of hydrogen-bond acceptors (Lipinski definition) is 6. The number of nitro groups is 1. The quantitative estimate of drug-likeness (QED) is 0.277. The predicted molar refractivity (Wildman–Crippen MR) is 152 cm³/mol. The Bertz CT molecular complexity index is 1230.